The summed E-state index contributed by atoms with van der Waals surface area (Å²) in [5, 5.41) is 0.496. The second-order valence-corrected chi connectivity index (χ2v) is 5.01. The van der Waals surface area contributed by atoms with Crippen molar-refractivity contribution in [2.75, 3.05) is 18.4 Å². The van der Waals surface area contributed by atoms with E-state index in [0.29, 0.717) is 17.6 Å². The molecule has 0 saturated carbocycles. The van der Waals surface area contributed by atoms with E-state index in [-0.39, 0.29) is 6.54 Å². The Morgan fingerprint density at radius 2 is 2.11 bits per heavy atom. The zero-order valence-electron chi connectivity index (χ0n) is 10.1. The Morgan fingerprint density at radius 1 is 1.32 bits per heavy atom. The SMILES string of the molecule is FC(F)(F)CN(CCBr)Cc1cn2ccccc2n1. The fraction of sp³-hybridized carbons (Fsp3) is 0.417. The summed E-state index contributed by atoms with van der Waals surface area (Å²) in [4.78, 5) is 5.63. The lowest BCUT2D eigenvalue weighted by Gasteiger charge is -2.21. The van der Waals surface area contributed by atoms with Crippen molar-refractivity contribution in [3.8, 4) is 0 Å². The van der Waals surface area contributed by atoms with Crippen molar-refractivity contribution in [3.05, 3.63) is 36.3 Å². The molecule has 0 radical (unpaired) electrons. The van der Waals surface area contributed by atoms with Gasteiger partial charge in [0.05, 0.1) is 12.2 Å². The number of rotatable bonds is 5. The fourth-order valence-electron chi connectivity index (χ4n) is 1.88. The van der Waals surface area contributed by atoms with E-state index in [1.807, 2.05) is 24.4 Å². The van der Waals surface area contributed by atoms with Gasteiger partial charge < -0.3 is 4.40 Å². The molecule has 0 aliphatic carbocycles. The number of halogens is 4. The van der Waals surface area contributed by atoms with E-state index in [9.17, 15) is 13.2 Å². The molecule has 0 spiro atoms. The molecule has 0 N–H and O–H groups in total. The summed E-state index contributed by atoms with van der Waals surface area (Å²) in [7, 11) is 0. The predicted octanol–water partition coefficient (Wildman–Crippen LogP) is 3.09. The first kappa shape index (κ1) is 14.3. The molecule has 7 heteroatoms. The first-order chi connectivity index (χ1) is 8.98. The first-order valence-corrected chi connectivity index (χ1v) is 6.88. The van der Waals surface area contributed by atoms with Crippen molar-refractivity contribution in [1.82, 2.24) is 14.3 Å². The highest BCUT2D eigenvalue weighted by molar-refractivity contribution is 9.09. The minimum Gasteiger partial charge on any atom is -0.307 e. The summed E-state index contributed by atoms with van der Waals surface area (Å²) in [6.07, 6.45) is -0.612. The van der Waals surface area contributed by atoms with Gasteiger partial charge in [-0.15, -0.1) is 0 Å². The van der Waals surface area contributed by atoms with Crippen molar-refractivity contribution in [3.63, 3.8) is 0 Å². The Kier molecular flexibility index (Phi) is 4.46. The van der Waals surface area contributed by atoms with Crippen LogP contribution in [-0.4, -0.2) is 38.9 Å². The average Bonchev–Trinajstić information content (AvgIpc) is 2.69. The maximum atomic E-state index is 12.5. The molecule has 0 aliphatic heterocycles. The molecule has 0 aliphatic rings. The molecule has 0 atom stereocenters. The molecule has 0 bridgehead atoms. The number of aromatic nitrogens is 2. The summed E-state index contributed by atoms with van der Waals surface area (Å²) in [6.45, 7) is -0.410. The highest BCUT2D eigenvalue weighted by Crippen LogP contribution is 2.18. The lowest BCUT2D eigenvalue weighted by molar-refractivity contribution is -0.146. The van der Waals surface area contributed by atoms with Gasteiger partial charge in [0.25, 0.3) is 0 Å². The third kappa shape index (κ3) is 4.21. The molecule has 104 valence electrons. The largest absolute Gasteiger partial charge is 0.401 e. The number of hydrogen-bond donors (Lipinski definition) is 0. The van der Waals surface area contributed by atoms with E-state index in [2.05, 4.69) is 20.9 Å². The van der Waals surface area contributed by atoms with Gasteiger partial charge in [-0.25, -0.2) is 4.98 Å². The normalized spacial score (nSPS) is 12.5. The maximum absolute atomic E-state index is 12.5. The Bertz CT molecular complexity index is 505. The monoisotopic (exact) mass is 335 g/mol. The number of alkyl halides is 4. The van der Waals surface area contributed by atoms with Crippen LogP contribution < -0.4 is 0 Å². The van der Waals surface area contributed by atoms with Crippen LogP contribution in [0.4, 0.5) is 13.2 Å². The van der Waals surface area contributed by atoms with E-state index in [1.54, 1.807) is 10.6 Å². The minimum absolute atomic E-state index is 0.187. The lowest BCUT2D eigenvalue weighted by atomic mass is 10.4. The minimum atomic E-state index is -4.19. The average molecular weight is 336 g/mol. The van der Waals surface area contributed by atoms with Gasteiger partial charge in [0.2, 0.25) is 0 Å². The van der Waals surface area contributed by atoms with Crippen LogP contribution in [0.3, 0.4) is 0 Å². The van der Waals surface area contributed by atoms with Crippen LogP contribution in [0.15, 0.2) is 30.6 Å². The molecular weight excluding hydrogens is 323 g/mol. The van der Waals surface area contributed by atoms with Gasteiger partial charge in [0.15, 0.2) is 0 Å². The van der Waals surface area contributed by atoms with Crippen molar-refractivity contribution >= 4 is 21.6 Å². The summed E-state index contributed by atoms with van der Waals surface area (Å²) < 4.78 is 39.2. The first-order valence-electron chi connectivity index (χ1n) is 5.75. The highest BCUT2D eigenvalue weighted by Gasteiger charge is 2.30. The third-order valence-corrected chi connectivity index (χ3v) is 2.96. The molecule has 2 rings (SSSR count). The van der Waals surface area contributed by atoms with Gasteiger partial charge in [-0.2, -0.15) is 13.2 Å². The van der Waals surface area contributed by atoms with Crippen molar-refractivity contribution in [2.45, 2.75) is 12.7 Å². The number of nitrogens with zero attached hydrogens (tertiary/aromatic N) is 3. The zero-order chi connectivity index (χ0) is 13.9. The summed E-state index contributed by atoms with van der Waals surface area (Å²) in [5.41, 5.74) is 1.37. The van der Waals surface area contributed by atoms with E-state index < -0.39 is 12.7 Å². The molecule has 19 heavy (non-hydrogen) atoms. The van der Waals surface area contributed by atoms with Crippen LogP contribution in [-0.2, 0) is 6.54 Å². The number of fused-ring (bicyclic) bond motifs is 1. The Balaban J connectivity index is 2.11. The molecule has 0 fully saturated rings. The summed E-state index contributed by atoms with van der Waals surface area (Å²) >= 11 is 3.17. The number of pyridine rings is 1. The summed E-state index contributed by atoms with van der Waals surface area (Å²) in [6, 6.07) is 5.52. The van der Waals surface area contributed by atoms with Crippen LogP contribution in [0.25, 0.3) is 5.65 Å². The fourth-order valence-corrected chi connectivity index (χ4v) is 2.38. The molecule has 0 aromatic carbocycles. The van der Waals surface area contributed by atoms with Crippen molar-refractivity contribution in [2.24, 2.45) is 0 Å². The van der Waals surface area contributed by atoms with Crippen molar-refractivity contribution < 1.29 is 13.2 Å². The van der Waals surface area contributed by atoms with Gasteiger partial charge in [0, 0.05) is 30.8 Å². The molecule has 2 aromatic rings. The number of imidazole rings is 1. The van der Waals surface area contributed by atoms with Gasteiger partial charge in [-0.3, -0.25) is 4.90 Å². The second kappa shape index (κ2) is 5.92. The van der Waals surface area contributed by atoms with Crippen LogP contribution >= 0.6 is 15.9 Å². The number of hydrogen-bond acceptors (Lipinski definition) is 2. The van der Waals surface area contributed by atoms with Gasteiger partial charge in [-0.05, 0) is 12.1 Å². The van der Waals surface area contributed by atoms with Crippen LogP contribution in [0.1, 0.15) is 5.69 Å². The standard InChI is InChI=1S/C12H13BrF3N3/c13-4-6-18(9-12(14,15)16)7-10-8-19-5-2-1-3-11(19)17-10/h1-3,5,8H,4,6-7,9H2. The Labute approximate surface area is 117 Å². The predicted molar refractivity (Wildman–Crippen MR) is 70.3 cm³/mol. The molecule has 2 heterocycles. The van der Waals surface area contributed by atoms with Crippen LogP contribution in [0, 0.1) is 0 Å². The summed E-state index contributed by atoms with van der Waals surface area (Å²) in [5.74, 6) is 0. The lowest BCUT2D eigenvalue weighted by Crippen LogP contribution is -2.35. The molecule has 3 nitrogen and oxygen atoms in total. The van der Waals surface area contributed by atoms with E-state index in [1.165, 1.54) is 4.90 Å². The quantitative estimate of drug-likeness (QED) is 0.783. The van der Waals surface area contributed by atoms with Crippen molar-refractivity contribution in [1.29, 1.82) is 0 Å². The second-order valence-electron chi connectivity index (χ2n) is 4.21. The highest BCUT2D eigenvalue weighted by atomic mass is 79.9. The molecule has 0 unspecified atom stereocenters. The maximum Gasteiger partial charge on any atom is 0.401 e. The molecular formula is C12H13BrF3N3. The van der Waals surface area contributed by atoms with Crippen LogP contribution in [0.2, 0.25) is 0 Å². The molecule has 2 aromatic heterocycles. The van der Waals surface area contributed by atoms with Gasteiger partial charge in [-0.1, -0.05) is 22.0 Å². The Morgan fingerprint density at radius 3 is 2.74 bits per heavy atom. The van der Waals surface area contributed by atoms with Gasteiger partial charge >= 0.3 is 6.18 Å². The Hall–Kier alpha value is -1.08. The van der Waals surface area contributed by atoms with E-state index in [0.717, 1.165) is 5.65 Å². The van der Waals surface area contributed by atoms with E-state index >= 15 is 0 Å². The van der Waals surface area contributed by atoms with E-state index in [4.69, 9.17) is 0 Å². The zero-order valence-corrected chi connectivity index (χ0v) is 11.7. The smallest absolute Gasteiger partial charge is 0.307 e. The van der Waals surface area contributed by atoms with Gasteiger partial charge in [0.1, 0.15) is 5.65 Å². The molecule has 0 saturated heterocycles. The third-order valence-electron chi connectivity index (χ3n) is 2.60. The topological polar surface area (TPSA) is 20.5 Å². The van der Waals surface area contributed by atoms with Crippen LogP contribution in [0.5, 0.6) is 0 Å². The molecule has 0 amide bonds.